The Hall–Kier alpha value is -1.73. The van der Waals surface area contributed by atoms with Gasteiger partial charge in [0.25, 0.3) is 5.89 Å². The molecule has 2 N–H and O–H groups in total. The lowest BCUT2D eigenvalue weighted by atomic mass is 10.1. The quantitative estimate of drug-likeness (QED) is 0.835. The summed E-state index contributed by atoms with van der Waals surface area (Å²) in [6.45, 7) is 9.51. The molecule has 2 heterocycles. The van der Waals surface area contributed by atoms with Gasteiger partial charge in [-0.1, -0.05) is 12.1 Å². The van der Waals surface area contributed by atoms with Crippen molar-refractivity contribution in [1.29, 1.82) is 0 Å². The topological polar surface area (TPSA) is 92.0 Å². The van der Waals surface area contributed by atoms with Crippen LogP contribution in [0.4, 0.5) is 0 Å². The van der Waals surface area contributed by atoms with Crippen LogP contribution in [0.3, 0.4) is 0 Å². The van der Waals surface area contributed by atoms with Crippen molar-refractivity contribution < 1.29 is 9.26 Å². The second-order valence-corrected chi connectivity index (χ2v) is 5.17. The number of rotatable bonds is 7. The molecule has 7 nitrogen and oxygen atoms in total. The van der Waals surface area contributed by atoms with Crippen molar-refractivity contribution in [3.63, 3.8) is 0 Å². The Morgan fingerprint density at radius 1 is 1.38 bits per heavy atom. The zero-order valence-corrected chi connectivity index (χ0v) is 13.1. The summed E-state index contributed by atoms with van der Waals surface area (Å²) in [7, 11) is 0. The highest BCUT2D eigenvalue weighted by Crippen LogP contribution is 2.22. The van der Waals surface area contributed by atoms with E-state index in [1.165, 1.54) is 0 Å². The number of hydrogen-bond acceptors (Lipinski definition) is 6. The van der Waals surface area contributed by atoms with E-state index in [1.807, 2.05) is 31.5 Å². The lowest BCUT2D eigenvalue weighted by Crippen LogP contribution is -2.39. The molecule has 2 aromatic heterocycles. The summed E-state index contributed by atoms with van der Waals surface area (Å²) in [5.41, 5.74) is 7.23. The van der Waals surface area contributed by atoms with Crippen LogP contribution in [0.5, 0.6) is 0 Å². The maximum atomic E-state index is 6.19. The predicted octanol–water partition coefficient (Wildman–Crippen LogP) is 1.73. The van der Waals surface area contributed by atoms with Crippen molar-refractivity contribution in [2.75, 3.05) is 13.2 Å². The Morgan fingerprint density at radius 2 is 2.14 bits per heavy atom. The van der Waals surface area contributed by atoms with Gasteiger partial charge >= 0.3 is 0 Å². The number of ether oxygens (including phenoxy) is 1. The maximum Gasteiger partial charge on any atom is 0.276 e. The average Bonchev–Trinajstić information content (AvgIpc) is 3.11. The molecule has 21 heavy (non-hydrogen) atoms. The van der Waals surface area contributed by atoms with E-state index in [2.05, 4.69) is 22.2 Å². The normalized spacial score (nSPS) is 14.3. The van der Waals surface area contributed by atoms with Gasteiger partial charge in [-0.2, -0.15) is 10.1 Å². The highest BCUT2D eigenvalue weighted by Gasteiger charge is 2.28. The largest absolute Gasteiger partial charge is 0.379 e. The van der Waals surface area contributed by atoms with E-state index in [4.69, 9.17) is 15.0 Å². The molecule has 1 unspecified atom stereocenters. The first-order chi connectivity index (χ1) is 10.0. The molecule has 0 spiro atoms. The SMILES string of the molecule is CCOCC(C)(N)c1noc(-c2cc(CC)nn2CC)n1. The van der Waals surface area contributed by atoms with Gasteiger partial charge in [-0.15, -0.1) is 0 Å². The number of aromatic nitrogens is 4. The minimum Gasteiger partial charge on any atom is -0.379 e. The van der Waals surface area contributed by atoms with Crippen molar-refractivity contribution in [1.82, 2.24) is 19.9 Å². The Bertz CT molecular complexity index is 588. The first-order valence-electron chi connectivity index (χ1n) is 7.29. The van der Waals surface area contributed by atoms with Crippen LogP contribution in [0.15, 0.2) is 10.6 Å². The van der Waals surface area contributed by atoms with Gasteiger partial charge in [0.15, 0.2) is 5.82 Å². The first-order valence-corrected chi connectivity index (χ1v) is 7.29. The van der Waals surface area contributed by atoms with Crippen LogP contribution in [0.25, 0.3) is 11.6 Å². The summed E-state index contributed by atoms with van der Waals surface area (Å²) in [6.07, 6.45) is 0.861. The highest BCUT2D eigenvalue weighted by molar-refractivity contribution is 5.48. The predicted molar refractivity (Wildman–Crippen MR) is 78.6 cm³/mol. The van der Waals surface area contributed by atoms with E-state index in [1.54, 1.807) is 0 Å². The molecule has 1 atom stereocenters. The van der Waals surface area contributed by atoms with Crippen LogP contribution in [-0.2, 0) is 23.2 Å². The third kappa shape index (κ3) is 3.30. The molecule has 0 amide bonds. The minimum absolute atomic E-state index is 0.343. The van der Waals surface area contributed by atoms with E-state index >= 15 is 0 Å². The number of aryl methyl sites for hydroxylation is 2. The van der Waals surface area contributed by atoms with Gasteiger partial charge in [0.05, 0.1) is 12.3 Å². The summed E-state index contributed by atoms with van der Waals surface area (Å²) >= 11 is 0. The van der Waals surface area contributed by atoms with Gasteiger partial charge in [-0.25, -0.2) is 0 Å². The van der Waals surface area contributed by atoms with Crippen molar-refractivity contribution in [3.8, 4) is 11.6 Å². The molecular formula is C14H23N5O2. The zero-order valence-electron chi connectivity index (χ0n) is 13.1. The van der Waals surface area contributed by atoms with Crippen LogP contribution >= 0.6 is 0 Å². The van der Waals surface area contributed by atoms with E-state index < -0.39 is 5.54 Å². The monoisotopic (exact) mass is 293 g/mol. The molecular weight excluding hydrogens is 270 g/mol. The molecule has 0 aliphatic rings. The molecule has 0 saturated carbocycles. The molecule has 2 rings (SSSR count). The van der Waals surface area contributed by atoms with Crippen molar-refractivity contribution >= 4 is 0 Å². The van der Waals surface area contributed by atoms with Gasteiger partial charge in [0.2, 0.25) is 0 Å². The molecule has 0 bridgehead atoms. The molecule has 0 fully saturated rings. The molecule has 7 heteroatoms. The van der Waals surface area contributed by atoms with Crippen LogP contribution in [0.2, 0.25) is 0 Å². The standard InChI is InChI=1S/C14H23N5O2/c1-5-10-8-11(19(6-2)17-10)12-16-13(18-21-12)14(4,15)9-20-7-3/h8H,5-7,9,15H2,1-4H3. The van der Waals surface area contributed by atoms with Crippen molar-refractivity contribution in [2.24, 2.45) is 5.73 Å². The van der Waals surface area contributed by atoms with Gasteiger partial charge in [-0.3, -0.25) is 4.68 Å². The van der Waals surface area contributed by atoms with Crippen LogP contribution in [0, 0.1) is 0 Å². The average molecular weight is 293 g/mol. The Kier molecular flexibility index (Phi) is 4.74. The number of nitrogens with two attached hydrogens (primary N) is 1. The number of nitrogens with zero attached hydrogens (tertiary/aromatic N) is 4. The van der Waals surface area contributed by atoms with Crippen molar-refractivity contribution in [2.45, 2.75) is 46.2 Å². The molecule has 0 aromatic carbocycles. The van der Waals surface area contributed by atoms with Crippen molar-refractivity contribution in [3.05, 3.63) is 17.6 Å². The smallest absolute Gasteiger partial charge is 0.276 e. The van der Waals surface area contributed by atoms with Gasteiger partial charge < -0.3 is 15.0 Å². The van der Waals surface area contributed by atoms with Gasteiger partial charge in [0, 0.05) is 13.2 Å². The fraction of sp³-hybridized carbons (Fsp3) is 0.643. The van der Waals surface area contributed by atoms with Gasteiger partial charge in [-0.05, 0) is 33.3 Å². The van der Waals surface area contributed by atoms with Crippen LogP contribution in [-0.4, -0.2) is 33.1 Å². The van der Waals surface area contributed by atoms with E-state index in [0.717, 1.165) is 24.4 Å². The summed E-state index contributed by atoms with van der Waals surface area (Å²) in [5, 5.41) is 8.47. The summed E-state index contributed by atoms with van der Waals surface area (Å²) in [4.78, 5) is 4.42. The molecule has 0 saturated heterocycles. The summed E-state index contributed by atoms with van der Waals surface area (Å²) in [5.74, 6) is 0.875. The molecule has 0 aliphatic carbocycles. The molecule has 116 valence electrons. The molecule has 2 aromatic rings. The maximum absolute atomic E-state index is 6.19. The Balaban J connectivity index is 2.29. The lowest BCUT2D eigenvalue weighted by molar-refractivity contribution is 0.0962. The fourth-order valence-electron chi connectivity index (χ4n) is 1.99. The van der Waals surface area contributed by atoms with E-state index in [-0.39, 0.29) is 0 Å². The lowest BCUT2D eigenvalue weighted by Gasteiger charge is -2.19. The second-order valence-electron chi connectivity index (χ2n) is 5.17. The second kappa shape index (κ2) is 6.36. The number of hydrogen-bond donors (Lipinski definition) is 1. The zero-order chi connectivity index (χ0) is 15.5. The fourth-order valence-corrected chi connectivity index (χ4v) is 1.99. The third-order valence-corrected chi connectivity index (χ3v) is 3.25. The molecule has 0 radical (unpaired) electrons. The van der Waals surface area contributed by atoms with E-state index in [0.29, 0.717) is 24.9 Å². The van der Waals surface area contributed by atoms with Crippen LogP contribution < -0.4 is 5.73 Å². The summed E-state index contributed by atoms with van der Waals surface area (Å²) in [6, 6.07) is 1.97. The van der Waals surface area contributed by atoms with E-state index in [9.17, 15) is 0 Å². The molecule has 0 aliphatic heterocycles. The highest BCUT2D eigenvalue weighted by atomic mass is 16.5. The van der Waals surface area contributed by atoms with Gasteiger partial charge in [0.1, 0.15) is 11.2 Å². The summed E-state index contributed by atoms with van der Waals surface area (Å²) < 4.78 is 12.6. The minimum atomic E-state index is -0.775. The Morgan fingerprint density at radius 3 is 2.76 bits per heavy atom. The Labute approximate surface area is 124 Å². The van der Waals surface area contributed by atoms with Crippen LogP contribution in [0.1, 0.15) is 39.2 Å². The third-order valence-electron chi connectivity index (χ3n) is 3.25. The first kappa shape index (κ1) is 15.7.